The number of ketones is 2. The number of hydrogen-bond acceptors (Lipinski definition) is 10. The molecule has 0 aromatic rings. The van der Waals surface area contributed by atoms with Gasteiger partial charge in [-0.25, -0.2) is 0 Å². The molecule has 42 heavy (non-hydrogen) atoms. The first kappa shape index (κ1) is 34.2. The molecule has 3 aliphatic heterocycles. The minimum absolute atomic E-state index is 0.0583. The molecule has 10 heteroatoms. The number of carbonyl (C=O) groups is 3. The summed E-state index contributed by atoms with van der Waals surface area (Å²) in [7, 11) is 5.38. The van der Waals surface area contributed by atoms with Crippen molar-refractivity contribution in [2.75, 3.05) is 21.2 Å². The third-order valence-electron chi connectivity index (χ3n) is 9.07. The first-order valence-electron chi connectivity index (χ1n) is 15.0. The Bertz CT molecular complexity index is 1100. The molecule has 3 heterocycles. The predicted octanol–water partition coefficient (Wildman–Crippen LogP) is 4.35. The van der Waals surface area contributed by atoms with Gasteiger partial charge in [-0.05, 0) is 79.6 Å². The van der Waals surface area contributed by atoms with Crippen LogP contribution in [0.25, 0.3) is 0 Å². The van der Waals surface area contributed by atoms with Crippen molar-refractivity contribution < 1.29 is 42.8 Å². The van der Waals surface area contributed by atoms with Crippen molar-refractivity contribution in [3.8, 4) is 0 Å². The van der Waals surface area contributed by atoms with Crippen LogP contribution in [0.5, 0.6) is 0 Å². The number of allylic oxidation sites excluding steroid dienone is 2. The zero-order chi connectivity index (χ0) is 31.7. The number of nitrogens with zero attached hydrogens (tertiary/aromatic N) is 1. The van der Waals surface area contributed by atoms with E-state index in [2.05, 4.69) is 0 Å². The molecule has 0 saturated carbocycles. The molecule has 3 aliphatic rings. The first-order chi connectivity index (χ1) is 19.5. The van der Waals surface area contributed by atoms with Gasteiger partial charge >= 0.3 is 5.97 Å². The van der Waals surface area contributed by atoms with E-state index < -0.39 is 47.5 Å². The van der Waals surface area contributed by atoms with E-state index in [1.54, 1.807) is 27.9 Å². The summed E-state index contributed by atoms with van der Waals surface area (Å²) in [4.78, 5) is 42.0. The smallest absolute Gasteiger partial charge is 0.303 e. The van der Waals surface area contributed by atoms with Crippen LogP contribution in [-0.4, -0.2) is 91.6 Å². The lowest BCUT2D eigenvalue weighted by molar-refractivity contribution is -0.297. The van der Waals surface area contributed by atoms with Crippen molar-refractivity contribution in [1.82, 2.24) is 4.90 Å². The highest BCUT2D eigenvalue weighted by atomic mass is 16.7. The van der Waals surface area contributed by atoms with Gasteiger partial charge < -0.3 is 33.3 Å². The number of likely N-dealkylation sites (N-methyl/N-ethyl adjacent to an activating group) is 1. The standard InChI is InChI=1S/C32H51NO9/c1-13-24-31(8)15-17(2)25(35)18(3)16-32(9,37-12)28(20(5)26(36)21(6)29(40-24)42-31)41-30-27(39-22(7)34)23(33(10)11)14-19(4)38-30/h15,18-20,23-24,27-28,30H,13-14,16H2,1-12H3/b17-15+,29-21-/t18-,19?,20+,23?,24-,27?,28-,30?,31?,32-/m1/s1. The van der Waals surface area contributed by atoms with E-state index in [1.807, 2.05) is 59.7 Å². The van der Waals surface area contributed by atoms with E-state index in [4.69, 9.17) is 28.4 Å². The lowest BCUT2D eigenvalue weighted by Gasteiger charge is -2.47. The second-order valence-corrected chi connectivity index (χ2v) is 12.9. The van der Waals surface area contributed by atoms with Crippen LogP contribution in [0.3, 0.4) is 0 Å². The molecule has 5 unspecified atom stereocenters. The fourth-order valence-electron chi connectivity index (χ4n) is 6.69. The highest BCUT2D eigenvalue weighted by Gasteiger charge is 2.51. The van der Waals surface area contributed by atoms with E-state index in [9.17, 15) is 14.4 Å². The molecule has 10 atom stereocenters. The highest BCUT2D eigenvalue weighted by Crippen LogP contribution is 2.41. The summed E-state index contributed by atoms with van der Waals surface area (Å²) >= 11 is 0. The number of hydrogen-bond donors (Lipinski definition) is 0. The second kappa shape index (κ2) is 13.2. The summed E-state index contributed by atoms with van der Waals surface area (Å²) in [5.41, 5.74) is -1.14. The molecule has 2 saturated heterocycles. The van der Waals surface area contributed by atoms with E-state index >= 15 is 0 Å². The van der Waals surface area contributed by atoms with Crippen LogP contribution >= 0.6 is 0 Å². The Balaban J connectivity index is 2.15. The van der Waals surface area contributed by atoms with Crippen LogP contribution in [0.4, 0.5) is 0 Å². The summed E-state index contributed by atoms with van der Waals surface area (Å²) < 4.78 is 37.3. The maximum absolute atomic E-state index is 14.1. The van der Waals surface area contributed by atoms with Gasteiger partial charge in [0.15, 0.2) is 29.6 Å². The number of carbonyl (C=O) groups excluding carboxylic acids is 3. The quantitative estimate of drug-likeness (QED) is 0.412. The Kier molecular flexibility index (Phi) is 10.7. The van der Waals surface area contributed by atoms with Crippen LogP contribution in [0.15, 0.2) is 23.2 Å². The minimum Gasteiger partial charge on any atom is -0.457 e. The Morgan fingerprint density at radius 1 is 1.12 bits per heavy atom. The van der Waals surface area contributed by atoms with Gasteiger partial charge in [0.2, 0.25) is 0 Å². The van der Waals surface area contributed by atoms with Crippen molar-refractivity contribution in [2.24, 2.45) is 11.8 Å². The average molecular weight is 594 g/mol. The van der Waals surface area contributed by atoms with Crippen molar-refractivity contribution in [2.45, 2.75) is 130 Å². The minimum atomic E-state index is -1.10. The van der Waals surface area contributed by atoms with E-state index in [1.165, 1.54) is 6.92 Å². The van der Waals surface area contributed by atoms with Gasteiger partial charge in [0, 0.05) is 25.9 Å². The Hall–Kier alpha value is -2.27. The number of Topliss-reactive ketones (excluding diaryl/α,β-unsaturated/α-hetero) is 2. The maximum atomic E-state index is 14.1. The summed E-state index contributed by atoms with van der Waals surface area (Å²) in [6, 6.07) is -0.182. The van der Waals surface area contributed by atoms with Crippen molar-refractivity contribution in [1.29, 1.82) is 0 Å². The third-order valence-corrected chi connectivity index (χ3v) is 9.07. The molecule has 2 bridgehead atoms. The van der Waals surface area contributed by atoms with Gasteiger partial charge in [-0.2, -0.15) is 0 Å². The van der Waals surface area contributed by atoms with Crippen molar-refractivity contribution in [3.05, 3.63) is 23.2 Å². The molecule has 0 amide bonds. The number of fused-ring (bicyclic) bond motifs is 2. The lowest BCUT2D eigenvalue weighted by Crippen LogP contribution is -2.59. The molecule has 2 fully saturated rings. The molecule has 0 N–H and O–H groups in total. The highest BCUT2D eigenvalue weighted by molar-refractivity contribution is 5.98. The van der Waals surface area contributed by atoms with Gasteiger partial charge in [0.05, 0.1) is 29.4 Å². The van der Waals surface area contributed by atoms with Crippen LogP contribution in [0.2, 0.25) is 0 Å². The largest absolute Gasteiger partial charge is 0.457 e. The first-order valence-corrected chi connectivity index (χ1v) is 15.0. The molecule has 0 radical (unpaired) electrons. The predicted molar refractivity (Wildman–Crippen MR) is 156 cm³/mol. The fraction of sp³-hybridized carbons (Fsp3) is 0.781. The number of esters is 1. The maximum Gasteiger partial charge on any atom is 0.303 e. The van der Waals surface area contributed by atoms with E-state index in [-0.39, 0.29) is 42.2 Å². The number of methoxy groups -OCH3 is 1. The van der Waals surface area contributed by atoms with Crippen LogP contribution in [0.1, 0.15) is 81.6 Å². The number of ether oxygens (including phenoxy) is 6. The molecular formula is C32H51NO9. The van der Waals surface area contributed by atoms with E-state index in [0.717, 1.165) is 0 Å². The van der Waals surface area contributed by atoms with Crippen molar-refractivity contribution >= 4 is 17.5 Å². The number of rotatable bonds is 6. The van der Waals surface area contributed by atoms with Crippen molar-refractivity contribution in [3.63, 3.8) is 0 Å². The zero-order valence-corrected chi connectivity index (χ0v) is 27.4. The normalized spacial score (nSPS) is 42.9. The second-order valence-electron chi connectivity index (χ2n) is 12.9. The molecule has 3 rings (SSSR count). The van der Waals surface area contributed by atoms with Crippen LogP contribution < -0.4 is 0 Å². The van der Waals surface area contributed by atoms with Gasteiger partial charge in [-0.3, -0.25) is 14.4 Å². The molecule has 0 aliphatic carbocycles. The Morgan fingerprint density at radius 2 is 1.76 bits per heavy atom. The van der Waals surface area contributed by atoms with Gasteiger partial charge in [0.25, 0.3) is 5.95 Å². The SMILES string of the molecule is CC[C@H]1O/C2=C(\C)C(=O)[C@H](C)[C@@H](OC3OC(C)CC(N(C)C)C3OC(C)=O)[C@](C)(OC)C[C@@H](C)C(=O)/C(C)=C/C1(C)O2. The molecule has 238 valence electrons. The Morgan fingerprint density at radius 3 is 2.31 bits per heavy atom. The van der Waals surface area contributed by atoms with E-state index in [0.29, 0.717) is 24.0 Å². The summed E-state index contributed by atoms with van der Waals surface area (Å²) in [6.07, 6.45) is 0.135. The molecular weight excluding hydrogens is 542 g/mol. The monoisotopic (exact) mass is 593 g/mol. The third kappa shape index (κ3) is 6.93. The summed E-state index contributed by atoms with van der Waals surface area (Å²) in [5.74, 6) is -1.85. The molecule has 0 aromatic heterocycles. The van der Waals surface area contributed by atoms with Crippen LogP contribution in [0, 0.1) is 11.8 Å². The topological polar surface area (TPSA) is 110 Å². The average Bonchev–Trinajstić information content (AvgIpc) is 3.25. The summed E-state index contributed by atoms with van der Waals surface area (Å²) in [6.45, 7) is 16.1. The van der Waals surface area contributed by atoms with Gasteiger partial charge in [-0.15, -0.1) is 0 Å². The molecule has 10 nitrogen and oxygen atoms in total. The zero-order valence-electron chi connectivity index (χ0n) is 27.4. The Labute approximate surface area is 251 Å². The van der Waals surface area contributed by atoms with Gasteiger partial charge in [0.1, 0.15) is 6.10 Å². The van der Waals surface area contributed by atoms with Gasteiger partial charge in [-0.1, -0.05) is 20.8 Å². The fourth-order valence-corrected chi connectivity index (χ4v) is 6.69. The summed E-state index contributed by atoms with van der Waals surface area (Å²) in [5, 5.41) is 0. The molecule has 0 spiro atoms. The van der Waals surface area contributed by atoms with Crippen LogP contribution in [-0.2, 0) is 42.8 Å². The molecule has 0 aromatic carbocycles. The lowest BCUT2D eigenvalue weighted by atomic mass is 9.78.